The van der Waals surface area contributed by atoms with Gasteiger partial charge in [-0.05, 0) is 37.6 Å². The standard InChI is InChI=1S/C17H16N6O2/c1-11-7-8-18-17-20-15(21-23(11)17)16(25)19-12-4-2-5-13(10-12)22-9-3-6-14(22)24/h2,4-5,7-8,10H,3,6,9H2,1H3,(H,19,25). The third-order valence-corrected chi connectivity index (χ3v) is 4.12. The molecule has 1 fully saturated rings. The molecule has 0 saturated carbocycles. The predicted molar refractivity (Wildman–Crippen MR) is 91.5 cm³/mol. The first kappa shape index (κ1) is 15.3. The Balaban J connectivity index is 1.57. The van der Waals surface area contributed by atoms with E-state index in [0.717, 1.165) is 17.8 Å². The maximum Gasteiger partial charge on any atom is 0.295 e. The number of hydrogen-bond acceptors (Lipinski definition) is 5. The lowest BCUT2D eigenvalue weighted by Crippen LogP contribution is -2.23. The number of rotatable bonds is 3. The average molecular weight is 336 g/mol. The maximum atomic E-state index is 12.4. The van der Waals surface area contributed by atoms with Crippen LogP contribution in [0.1, 0.15) is 29.2 Å². The number of nitrogens with zero attached hydrogens (tertiary/aromatic N) is 5. The van der Waals surface area contributed by atoms with Crippen molar-refractivity contribution >= 4 is 29.0 Å². The zero-order valence-corrected chi connectivity index (χ0v) is 13.6. The minimum absolute atomic E-state index is 0.0458. The zero-order chi connectivity index (χ0) is 17.4. The molecule has 1 N–H and O–H groups in total. The summed E-state index contributed by atoms with van der Waals surface area (Å²) in [6, 6.07) is 9.00. The van der Waals surface area contributed by atoms with Gasteiger partial charge in [0, 0.05) is 36.2 Å². The molecule has 0 atom stereocenters. The fourth-order valence-corrected chi connectivity index (χ4v) is 2.86. The molecule has 8 heteroatoms. The number of benzene rings is 1. The van der Waals surface area contributed by atoms with Gasteiger partial charge in [0.15, 0.2) is 0 Å². The third-order valence-electron chi connectivity index (χ3n) is 4.12. The van der Waals surface area contributed by atoms with Crippen LogP contribution in [0.25, 0.3) is 5.78 Å². The van der Waals surface area contributed by atoms with E-state index < -0.39 is 5.91 Å². The van der Waals surface area contributed by atoms with Crippen LogP contribution in [0, 0.1) is 6.92 Å². The van der Waals surface area contributed by atoms with Gasteiger partial charge in [-0.2, -0.15) is 4.98 Å². The van der Waals surface area contributed by atoms with Gasteiger partial charge in [-0.1, -0.05) is 6.07 Å². The van der Waals surface area contributed by atoms with E-state index in [2.05, 4.69) is 20.4 Å². The fraction of sp³-hybridized carbons (Fsp3) is 0.235. The van der Waals surface area contributed by atoms with Gasteiger partial charge in [-0.15, -0.1) is 5.10 Å². The molecule has 4 rings (SSSR count). The Morgan fingerprint density at radius 3 is 2.92 bits per heavy atom. The maximum absolute atomic E-state index is 12.4. The van der Waals surface area contributed by atoms with Crippen molar-refractivity contribution in [2.24, 2.45) is 0 Å². The van der Waals surface area contributed by atoms with E-state index in [1.807, 2.05) is 13.0 Å². The van der Waals surface area contributed by atoms with Gasteiger partial charge in [-0.25, -0.2) is 9.50 Å². The van der Waals surface area contributed by atoms with Crippen LogP contribution in [0.5, 0.6) is 0 Å². The molecular formula is C17H16N6O2. The van der Waals surface area contributed by atoms with Gasteiger partial charge in [0.2, 0.25) is 11.7 Å². The number of hydrogen-bond donors (Lipinski definition) is 1. The van der Waals surface area contributed by atoms with Gasteiger partial charge in [-0.3, -0.25) is 9.59 Å². The van der Waals surface area contributed by atoms with Crippen LogP contribution in [0.3, 0.4) is 0 Å². The summed E-state index contributed by atoms with van der Waals surface area (Å²) in [6.07, 6.45) is 3.04. The molecule has 1 aliphatic rings. The first-order valence-corrected chi connectivity index (χ1v) is 8.02. The van der Waals surface area contributed by atoms with E-state index in [0.29, 0.717) is 24.4 Å². The smallest absolute Gasteiger partial charge is 0.295 e. The first-order chi connectivity index (χ1) is 12.1. The van der Waals surface area contributed by atoms with E-state index in [1.54, 1.807) is 35.4 Å². The van der Waals surface area contributed by atoms with Crippen LogP contribution in [-0.4, -0.2) is 37.9 Å². The lowest BCUT2D eigenvalue weighted by molar-refractivity contribution is -0.117. The minimum Gasteiger partial charge on any atom is -0.319 e. The monoisotopic (exact) mass is 336 g/mol. The van der Waals surface area contributed by atoms with Crippen LogP contribution in [0.15, 0.2) is 36.5 Å². The quantitative estimate of drug-likeness (QED) is 0.787. The summed E-state index contributed by atoms with van der Waals surface area (Å²) in [5.74, 6) is 0.104. The van der Waals surface area contributed by atoms with Crippen molar-refractivity contribution in [3.63, 3.8) is 0 Å². The lowest BCUT2D eigenvalue weighted by Gasteiger charge is -2.16. The Morgan fingerprint density at radius 1 is 1.28 bits per heavy atom. The molecule has 0 unspecified atom stereocenters. The summed E-state index contributed by atoms with van der Waals surface area (Å²) >= 11 is 0. The first-order valence-electron chi connectivity index (χ1n) is 8.02. The molecule has 1 aliphatic heterocycles. The van der Waals surface area contributed by atoms with Crippen molar-refractivity contribution in [1.82, 2.24) is 19.6 Å². The Kier molecular flexibility index (Phi) is 3.64. The molecule has 2 amide bonds. The molecule has 3 aromatic rings. The number of aromatic nitrogens is 4. The molecule has 1 saturated heterocycles. The number of anilines is 2. The lowest BCUT2D eigenvalue weighted by atomic mass is 10.2. The minimum atomic E-state index is -0.421. The van der Waals surface area contributed by atoms with Crippen LogP contribution < -0.4 is 10.2 Å². The third kappa shape index (κ3) is 2.82. The molecule has 2 aromatic heterocycles. The SMILES string of the molecule is Cc1ccnc2nc(C(=O)Nc3cccc(N4CCCC4=O)c3)nn12. The van der Waals surface area contributed by atoms with Crippen molar-refractivity contribution in [3.8, 4) is 0 Å². The summed E-state index contributed by atoms with van der Waals surface area (Å²) in [5, 5.41) is 6.96. The molecule has 8 nitrogen and oxygen atoms in total. The predicted octanol–water partition coefficient (Wildman–Crippen LogP) is 1.81. The molecule has 25 heavy (non-hydrogen) atoms. The Hall–Kier alpha value is -3.29. The van der Waals surface area contributed by atoms with Gasteiger partial charge < -0.3 is 10.2 Å². The van der Waals surface area contributed by atoms with Gasteiger partial charge in [0.25, 0.3) is 11.7 Å². The number of carbonyl (C=O) groups is 2. The summed E-state index contributed by atoms with van der Waals surface area (Å²) in [6.45, 7) is 2.57. The highest BCUT2D eigenvalue weighted by Crippen LogP contribution is 2.24. The van der Waals surface area contributed by atoms with Crippen molar-refractivity contribution in [3.05, 3.63) is 48.0 Å². The number of nitrogens with one attached hydrogen (secondary N) is 1. The Morgan fingerprint density at radius 2 is 2.16 bits per heavy atom. The highest BCUT2D eigenvalue weighted by Gasteiger charge is 2.22. The zero-order valence-electron chi connectivity index (χ0n) is 13.6. The van der Waals surface area contributed by atoms with Gasteiger partial charge in [0.1, 0.15) is 0 Å². The van der Waals surface area contributed by atoms with Gasteiger partial charge in [0.05, 0.1) is 0 Å². The molecule has 126 valence electrons. The highest BCUT2D eigenvalue weighted by molar-refractivity contribution is 6.02. The fourth-order valence-electron chi connectivity index (χ4n) is 2.86. The van der Waals surface area contributed by atoms with E-state index in [1.165, 1.54) is 4.52 Å². The molecule has 0 aliphatic carbocycles. The average Bonchev–Trinajstić information content (AvgIpc) is 3.22. The summed E-state index contributed by atoms with van der Waals surface area (Å²) in [4.78, 5) is 34.3. The van der Waals surface area contributed by atoms with Crippen LogP contribution >= 0.6 is 0 Å². The largest absolute Gasteiger partial charge is 0.319 e. The van der Waals surface area contributed by atoms with E-state index >= 15 is 0 Å². The van der Waals surface area contributed by atoms with Crippen molar-refractivity contribution < 1.29 is 9.59 Å². The second kappa shape index (κ2) is 5.97. The van der Waals surface area contributed by atoms with E-state index in [-0.39, 0.29) is 11.7 Å². The van der Waals surface area contributed by atoms with Crippen molar-refractivity contribution in [2.45, 2.75) is 19.8 Å². The van der Waals surface area contributed by atoms with Crippen LogP contribution in [0.4, 0.5) is 11.4 Å². The van der Waals surface area contributed by atoms with Crippen LogP contribution in [0.2, 0.25) is 0 Å². The molecule has 0 radical (unpaired) electrons. The molecular weight excluding hydrogens is 320 g/mol. The molecule has 3 heterocycles. The van der Waals surface area contributed by atoms with Crippen LogP contribution in [-0.2, 0) is 4.79 Å². The summed E-state index contributed by atoms with van der Waals surface area (Å²) in [7, 11) is 0. The summed E-state index contributed by atoms with van der Waals surface area (Å²) in [5.41, 5.74) is 2.21. The molecule has 1 aromatic carbocycles. The Bertz CT molecular complexity index is 980. The number of carbonyl (C=O) groups excluding carboxylic acids is 2. The topological polar surface area (TPSA) is 92.5 Å². The normalized spacial score (nSPS) is 14.3. The number of amides is 2. The number of aryl methyl sites for hydroxylation is 1. The second-order valence-corrected chi connectivity index (χ2v) is 5.89. The molecule has 0 spiro atoms. The highest BCUT2D eigenvalue weighted by atomic mass is 16.2. The van der Waals surface area contributed by atoms with Gasteiger partial charge >= 0.3 is 0 Å². The van der Waals surface area contributed by atoms with Crippen molar-refractivity contribution in [1.29, 1.82) is 0 Å². The van der Waals surface area contributed by atoms with E-state index in [9.17, 15) is 9.59 Å². The number of fused-ring (bicyclic) bond motifs is 1. The van der Waals surface area contributed by atoms with E-state index in [4.69, 9.17) is 0 Å². The summed E-state index contributed by atoms with van der Waals surface area (Å²) < 4.78 is 1.52. The second-order valence-electron chi connectivity index (χ2n) is 5.89. The molecule has 0 bridgehead atoms. The Labute approximate surface area is 143 Å². The van der Waals surface area contributed by atoms with Crippen molar-refractivity contribution in [2.75, 3.05) is 16.8 Å².